The average molecular weight is 1010 g/mol. The lowest BCUT2D eigenvalue weighted by Gasteiger charge is -2.71. The molecule has 0 aromatic carbocycles. The number of aliphatic carboxylic acids is 1. The van der Waals surface area contributed by atoms with E-state index < -0.39 is 151 Å². The van der Waals surface area contributed by atoms with Gasteiger partial charge in [-0.25, -0.2) is 4.79 Å². The Kier molecular flexibility index (Phi) is 13.8. The lowest BCUT2D eigenvalue weighted by atomic mass is 9.33. The van der Waals surface area contributed by atoms with Gasteiger partial charge in [0.15, 0.2) is 25.0 Å². The molecule has 71 heavy (non-hydrogen) atoms. The number of carbonyl (C=O) groups is 3. The largest absolute Gasteiger partial charge is 0.479 e. The fourth-order valence-electron chi connectivity index (χ4n) is 15.8. The molecule has 4 aliphatic heterocycles. The molecule has 0 unspecified atom stereocenters. The lowest BCUT2D eigenvalue weighted by Crippen LogP contribution is -2.68. The van der Waals surface area contributed by atoms with Gasteiger partial charge >= 0.3 is 17.9 Å². The molecule has 9 rings (SSSR count). The maximum atomic E-state index is 14.2. The molecular formula is C50H76O21. The van der Waals surface area contributed by atoms with Crippen molar-refractivity contribution in [3.63, 3.8) is 0 Å². The number of esters is 2. The quantitative estimate of drug-likeness (QED) is 0.0769. The van der Waals surface area contributed by atoms with Crippen LogP contribution in [0.4, 0.5) is 0 Å². The third-order valence-electron chi connectivity index (χ3n) is 20.2. The molecule has 0 aromatic rings. The van der Waals surface area contributed by atoms with Crippen LogP contribution in [0, 0.1) is 50.2 Å². The normalized spacial score (nSPS) is 54.3. The van der Waals surface area contributed by atoms with E-state index in [9.17, 15) is 65.4 Å². The van der Waals surface area contributed by atoms with E-state index in [-0.39, 0.29) is 47.6 Å². The molecular weight excluding hydrogens is 937 g/mol. The topological polar surface area (TPSA) is 327 Å². The highest BCUT2D eigenvalue weighted by molar-refractivity contribution is 5.82. The minimum absolute atomic E-state index is 0.00404. The van der Waals surface area contributed by atoms with Gasteiger partial charge in [-0.3, -0.25) is 9.59 Å². The van der Waals surface area contributed by atoms with Crippen LogP contribution < -0.4 is 0 Å². The van der Waals surface area contributed by atoms with E-state index in [0.717, 1.165) is 19.3 Å². The molecule has 1 spiro atoms. The molecule has 0 radical (unpaired) electrons. The van der Waals surface area contributed by atoms with Gasteiger partial charge in [0.1, 0.15) is 67.1 Å². The Morgan fingerprint density at radius 3 is 2.03 bits per heavy atom. The van der Waals surface area contributed by atoms with E-state index in [4.69, 9.17) is 37.9 Å². The van der Waals surface area contributed by atoms with Gasteiger partial charge in [0.05, 0.1) is 36.9 Å². The molecule has 8 fully saturated rings. The summed E-state index contributed by atoms with van der Waals surface area (Å²) in [6.07, 6.45) is -21.4. The molecule has 4 saturated carbocycles. The van der Waals surface area contributed by atoms with Gasteiger partial charge < -0.3 is 89.0 Å². The number of aliphatic hydroxyl groups is 9. The van der Waals surface area contributed by atoms with E-state index in [0.29, 0.717) is 25.7 Å². The number of hydrogen-bond donors (Lipinski definition) is 10. The number of ether oxygens (including phenoxy) is 8. The second-order valence-corrected chi connectivity index (χ2v) is 24.1. The molecule has 21 heteroatoms. The van der Waals surface area contributed by atoms with Gasteiger partial charge in [-0.2, -0.15) is 0 Å². The van der Waals surface area contributed by atoms with E-state index in [2.05, 4.69) is 40.7 Å². The summed E-state index contributed by atoms with van der Waals surface area (Å²) in [5.41, 5.74) is -2.35. The first-order valence-electron chi connectivity index (χ1n) is 25.4. The molecule has 9 aliphatic rings. The number of fused-ring (bicyclic) bond motifs is 8. The van der Waals surface area contributed by atoms with Crippen molar-refractivity contribution in [1.82, 2.24) is 0 Å². The molecule has 21 nitrogen and oxygen atoms in total. The predicted octanol–water partition coefficient (Wildman–Crippen LogP) is -0.209. The molecule has 4 heterocycles. The Balaban J connectivity index is 0.989. The smallest absolute Gasteiger partial charge is 0.335 e. The third-order valence-corrected chi connectivity index (χ3v) is 20.2. The highest BCUT2D eigenvalue weighted by Gasteiger charge is 2.76. The van der Waals surface area contributed by atoms with Crippen LogP contribution in [0.3, 0.4) is 0 Å². The second kappa shape index (κ2) is 18.4. The Labute approximate surface area is 412 Å². The fraction of sp³-hybridized carbons (Fsp3) is 0.900. The Morgan fingerprint density at radius 2 is 1.38 bits per heavy atom. The van der Waals surface area contributed by atoms with Gasteiger partial charge in [0.25, 0.3) is 0 Å². The molecule has 402 valence electrons. The van der Waals surface area contributed by atoms with Gasteiger partial charge in [0, 0.05) is 24.2 Å². The number of aliphatic hydroxyl groups excluding tert-OH is 9. The molecule has 0 aromatic heterocycles. The van der Waals surface area contributed by atoms with Crippen molar-refractivity contribution < 1.29 is 103 Å². The van der Waals surface area contributed by atoms with Crippen molar-refractivity contribution in [2.75, 3.05) is 13.2 Å². The van der Waals surface area contributed by atoms with Crippen LogP contribution in [0.2, 0.25) is 0 Å². The summed E-state index contributed by atoms with van der Waals surface area (Å²) in [6.45, 7) is 14.9. The van der Waals surface area contributed by atoms with Crippen LogP contribution in [0.15, 0.2) is 11.6 Å². The highest BCUT2D eigenvalue weighted by Crippen LogP contribution is 2.77. The first-order chi connectivity index (χ1) is 33.1. The van der Waals surface area contributed by atoms with Gasteiger partial charge in [0.2, 0.25) is 0 Å². The average Bonchev–Trinajstić information content (AvgIpc) is 3.60. The highest BCUT2D eigenvalue weighted by atomic mass is 16.8. The van der Waals surface area contributed by atoms with E-state index in [1.807, 2.05) is 6.92 Å². The van der Waals surface area contributed by atoms with Crippen LogP contribution in [0.25, 0.3) is 0 Å². The molecule has 4 saturated heterocycles. The van der Waals surface area contributed by atoms with Crippen molar-refractivity contribution in [3.8, 4) is 0 Å². The van der Waals surface area contributed by atoms with Gasteiger partial charge in [-0.15, -0.1) is 0 Å². The van der Waals surface area contributed by atoms with E-state index in [1.165, 1.54) is 19.4 Å². The zero-order chi connectivity index (χ0) is 51.9. The number of carboxylic acid groups (broad SMARTS) is 1. The van der Waals surface area contributed by atoms with Crippen molar-refractivity contribution in [2.45, 2.75) is 217 Å². The van der Waals surface area contributed by atoms with E-state index >= 15 is 0 Å². The summed E-state index contributed by atoms with van der Waals surface area (Å²) in [5.74, 6) is -2.42. The van der Waals surface area contributed by atoms with Gasteiger partial charge in [-0.05, 0) is 85.9 Å². The summed E-state index contributed by atoms with van der Waals surface area (Å²) >= 11 is 0. The van der Waals surface area contributed by atoms with Gasteiger partial charge in [-0.1, -0.05) is 53.2 Å². The zero-order valence-corrected chi connectivity index (χ0v) is 41.7. The predicted molar refractivity (Wildman–Crippen MR) is 240 cm³/mol. The van der Waals surface area contributed by atoms with Crippen LogP contribution in [0.1, 0.15) is 107 Å². The summed E-state index contributed by atoms with van der Waals surface area (Å²) in [5, 5.41) is 108. The second-order valence-electron chi connectivity index (χ2n) is 24.1. The van der Waals surface area contributed by atoms with Crippen LogP contribution >= 0.6 is 0 Å². The van der Waals surface area contributed by atoms with Crippen molar-refractivity contribution in [3.05, 3.63) is 11.6 Å². The Hall–Kier alpha value is -2.45. The maximum absolute atomic E-state index is 14.2. The fourth-order valence-corrected chi connectivity index (χ4v) is 15.8. The first-order valence-corrected chi connectivity index (χ1v) is 25.4. The van der Waals surface area contributed by atoms with Crippen LogP contribution in [-0.4, -0.2) is 193 Å². The van der Waals surface area contributed by atoms with Crippen molar-refractivity contribution in [2.24, 2.45) is 50.2 Å². The number of rotatable bonds is 10. The standard InChI is InChI=1S/C50H76O21/c1-20-30(54)32(56)36(60)41(65-20)70-38-33(57)31(55)24(18-51)66-42(38)71-39-35(59)34(58)37(40(61)62)69-43(39)67-28-12-13-47(6)25(45(28,3)4)11-14-48(7)26(47)10-9-22-23-15-46(5,19-64-21(2)52)27(53)16-50(23)17-29(49(22,48)8)68-44(50)63/h9,20,23-39,41-43,51,53-60H,10-19H2,1-8H3,(H,61,62)/t20-,23-,24+,25-,26+,27-,28-,29+,30-,31+,32+,33-,34-,35-,36+,37-,38+,39+,41-,42-,43+,46-,47-,48+,49-,50-/m0/s1. The molecule has 5 aliphatic carbocycles. The summed E-state index contributed by atoms with van der Waals surface area (Å²) < 4.78 is 48.3. The van der Waals surface area contributed by atoms with E-state index in [1.54, 1.807) is 0 Å². The third kappa shape index (κ3) is 7.99. The van der Waals surface area contributed by atoms with Crippen LogP contribution in [0.5, 0.6) is 0 Å². The minimum Gasteiger partial charge on any atom is -0.479 e. The SMILES string of the molecule is CC(=O)OC[C@]1(C)C[C@H]2C3=CC[C@@H]4[C@@]5(C)CC[C@H](O[C@@H]6O[C@H](C(=O)O)[C@@H](O)[C@H](O)[C@H]6O[C@@H]6O[C@H](CO)[C@@H](O)[C@H](O)[C@H]6O[C@@H]6O[C@@H](C)[C@H](O)[C@@H](O)[C@H]6O)C(C)(C)[C@@H]5CC[C@@]4(C)[C@]3(C)[C@H]3C[C@]2(C[C@@H]1O)C(=O)O3. The maximum Gasteiger partial charge on any atom is 0.335 e. The number of carbonyl (C=O) groups excluding carboxylic acids is 2. The zero-order valence-electron chi connectivity index (χ0n) is 41.7. The minimum atomic E-state index is -2.07. The number of hydrogen-bond acceptors (Lipinski definition) is 20. The number of carboxylic acids is 1. The summed E-state index contributed by atoms with van der Waals surface area (Å²) in [6, 6.07) is 0. The summed E-state index contributed by atoms with van der Waals surface area (Å²) in [7, 11) is 0. The molecule has 0 amide bonds. The van der Waals surface area contributed by atoms with Crippen molar-refractivity contribution in [1.29, 1.82) is 0 Å². The lowest BCUT2D eigenvalue weighted by molar-refractivity contribution is -0.395. The van der Waals surface area contributed by atoms with Crippen LogP contribution in [-0.2, 0) is 52.3 Å². The Morgan fingerprint density at radius 1 is 0.732 bits per heavy atom. The monoisotopic (exact) mass is 1010 g/mol. The van der Waals surface area contributed by atoms with Crippen molar-refractivity contribution >= 4 is 17.9 Å². The first kappa shape index (κ1) is 53.4. The molecule has 26 atom stereocenters. The number of allylic oxidation sites excluding steroid dienone is 1. The molecule has 10 N–H and O–H groups in total. The summed E-state index contributed by atoms with van der Waals surface area (Å²) in [4.78, 5) is 38.7. The molecule has 2 bridgehead atoms. The Bertz CT molecular complexity index is 2090.